The van der Waals surface area contributed by atoms with Crippen molar-refractivity contribution < 1.29 is 38.0 Å². The van der Waals surface area contributed by atoms with E-state index in [1.807, 2.05) is 13.8 Å². The van der Waals surface area contributed by atoms with E-state index in [1.165, 1.54) is 14.2 Å². The highest BCUT2D eigenvalue weighted by molar-refractivity contribution is 6.33. The summed E-state index contributed by atoms with van der Waals surface area (Å²) in [4.78, 5) is 22.8. The molecule has 180 valence electrons. The zero-order chi connectivity index (χ0) is 24.6. The Morgan fingerprint density at radius 2 is 1.31 bits per heavy atom. The molecule has 2 aromatic heterocycles. The lowest BCUT2D eigenvalue weighted by Gasteiger charge is -2.16. The first kappa shape index (κ1) is 27.6. The van der Waals surface area contributed by atoms with Crippen LogP contribution >= 0.6 is 23.2 Å². The number of methoxy groups -OCH3 is 2. The molecule has 32 heavy (non-hydrogen) atoms. The van der Waals surface area contributed by atoms with Crippen molar-refractivity contribution in [1.82, 2.24) is 10.3 Å². The quantitative estimate of drug-likeness (QED) is 0.484. The Morgan fingerprint density at radius 1 is 0.906 bits per heavy atom. The fourth-order valence-electron chi connectivity index (χ4n) is 2.81. The van der Waals surface area contributed by atoms with Crippen LogP contribution in [-0.2, 0) is 14.3 Å². The molecule has 0 bridgehead atoms. The molecule has 0 amide bonds. The van der Waals surface area contributed by atoms with E-state index >= 15 is 0 Å². The third-order valence-corrected chi connectivity index (χ3v) is 5.05. The van der Waals surface area contributed by atoms with Crippen LogP contribution in [0.5, 0.6) is 11.8 Å². The summed E-state index contributed by atoms with van der Waals surface area (Å²) in [7, 11) is 2.82. The standard InChI is InChI=1S/C11H16ClNO4.C9H12ClNO4/c1-5-16-11(14)7(6(2)3)9-8(12)10(15-4)13-17-9;1-4(2)5(9(12)13)7-6(10)8(14-3)11-15-7/h6-7H,5H2,1-4H3;4-5H,1-3H3,(H,12,13). The van der Waals surface area contributed by atoms with Crippen molar-refractivity contribution >= 4 is 35.1 Å². The van der Waals surface area contributed by atoms with E-state index < -0.39 is 17.8 Å². The minimum atomic E-state index is -0.995. The van der Waals surface area contributed by atoms with Gasteiger partial charge in [-0.3, -0.25) is 9.59 Å². The molecule has 2 unspecified atom stereocenters. The Balaban J connectivity index is 0.000000323. The average Bonchev–Trinajstić information content (AvgIpc) is 3.25. The minimum absolute atomic E-state index is 0.00999. The van der Waals surface area contributed by atoms with Gasteiger partial charge in [0.05, 0.1) is 20.8 Å². The predicted octanol–water partition coefficient (Wildman–Crippen LogP) is 4.80. The highest BCUT2D eigenvalue weighted by Gasteiger charge is 2.34. The third kappa shape index (κ3) is 6.52. The first-order valence-corrected chi connectivity index (χ1v) is 10.5. The van der Waals surface area contributed by atoms with Crippen molar-refractivity contribution in [3.05, 3.63) is 21.6 Å². The summed E-state index contributed by atoms with van der Waals surface area (Å²) in [5.41, 5.74) is 0. The zero-order valence-corrected chi connectivity index (χ0v) is 20.5. The van der Waals surface area contributed by atoms with Crippen molar-refractivity contribution in [2.75, 3.05) is 20.8 Å². The van der Waals surface area contributed by atoms with Gasteiger partial charge in [-0.2, -0.15) is 0 Å². The van der Waals surface area contributed by atoms with Crippen LogP contribution in [-0.4, -0.2) is 48.2 Å². The van der Waals surface area contributed by atoms with Crippen LogP contribution in [0.4, 0.5) is 0 Å². The van der Waals surface area contributed by atoms with Crippen molar-refractivity contribution in [1.29, 1.82) is 0 Å². The van der Waals surface area contributed by atoms with E-state index in [-0.39, 0.29) is 51.1 Å². The smallest absolute Gasteiger partial charge is 0.317 e. The molecular weight excluding hydrogens is 467 g/mol. The largest absolute Gasteiger partial charge is 0.481 e. The van der Waals surface area contributed by atoms with Gasteiger partial charge in [0, 0.05) is 0 Å². The van der Waals surface area contributed by atoms with E-state index in [2.05, 4.69) is 10.3 Å². The van der Waals surface area contributed by atoms with Crippen molar-refractivity contribution in [2.45, 2.75) is 46.5 Å². The fraction of sp³-hybridized carbons (Fsp3) is 0.600. The number of ether oxygens (including phenoxy) is 3. The van der Waals surface area contributed by atoms with Gasteiger partial charge in [0.25, 0.3) is 11.8 Å². The van der Waals surface area contributed by atoms with Gasteiger partial charge in [0.1, 0.15) is 21.9 Å². The summed E-state index contributed by atoms with van der Waals surface area (Å²) >= 11 is 11.9. The normalized spacial score (nSPS) is 12.7. The zero-order valence-electron chi connectivity index (χ0n) is 19.0. The molecule has 0 aromatic carbocycles. The van der Waals surface area contributed by atoms with Crippen LogP contribution < -0.4 is 9.47 Å². The predicted molar refractivity (Wildman–Crippen MR) is 116 cm³/mol. The lowest BCUT2D eigenvalue weighted by atomic mass is 9.93. The number of carboxylic acids is 1. The molecule has 0 spiro atoms. The summed E-state index contributed by atoms with van der Waals surface area (Å²) in [5, 5.41) is 16.5. The first-order chi connectivity index (χ1) is 15.0. The Hall–Kier alpha value is -2.46. The Bertz CT molecular complexity index is 894. The molecule has 0 saturated carbocycles. The van der Waals surface area contributed by atoms with Crippen LogP contribution in [0.15, 0.2) is 9.05 Å². The minimum Gasteiger partial charge on any atom is -0.481 e. The number of nitrogens with zero attached hydrogens (tertiary/aromatic N) is 2. The van der Waals surface area contributed by atoms with E-state index in [0.717, 1.165) is 0 Å². The molecular formula is C20H28Cl2N2O8. The molecule has 0 radical (unpaired) electrons. The fourth-order valence-corrected chi connectivity index (χ4v) is 3.33. The number of carbonyl (C=O) groups is 2. The monoisotopic (exact) mass is 494 g/mol. The Kier molecular flexibility index (Phi) is 10.8. The number of halogens is 2. The molecule has 0 aliphatic rings. The Morgan fingerprint density at radius 3 is 1.59 bits per heavy atom. The number of aromatic nitrogens is 2. The van der Waals surface area contributed by atoms with Crippen molar-refractivity contribution in [2.24, 2.45) is 11.8 Å². The summed E-state index contributed by atoms with van der Waals surface area (Å²) in [6, 6.07) is 0. The second-order valence-electron chi connectivity index (χ2n) is 7.27. The van der Waals surface area contributed by atoms with E-state index in [0.29, 0.717) is 6.61 Å². The van der Waals surface area contributed by atoms with Crippen LogP contribution in [0.3, 0.4) is 0 Å². The number of hydrogen-bond donors (Lipinski definition) is 1. The highest BCUT2D eigenvalue weighted by Crippen LogP contribution is 2.37. The van der Waals surface area contributed by atoms with Crippen LogP contribution in [0.2, 0.25) is 10.0 Å². The number of esters is 1. The summed E-state index contributed by atoms with van der Waals surface area (Å²) in [5.74, 6) is -2.19. The molecule has 0 fully saturated rings. The van der Waals surface area contributed by atoms with Gasteiger partial charge >= 0.3 is 11.9 Å². The van der Waals surface area contributed by atoms with Gasteiger partial charge < -0.3 is 28.4 Å². The molecule has 12 heteroatoms. The van der Waals surface area contributed by atoms with E-state index in [1.54, 1.807) is 20.8 Å². The summed E-state index contributed by atoms with van der Waals surface area (Å²) < 4.78 is 24.7. The molecule has 2 atom stereocenters. The lowest BCUT2D eigenvalue weighted by Crippen LogP contribution is -2.20. The second-order valence-corrected chi connectivity index (χ2v) is 8.03. The maximum absolute atomic E-state index is 11.8. The van der Waals surface area contributed by atoms with Gasteiger partial charge in [-0.05, 0) is 29.1 Å². The number of carboxylic acid groups (broad SMARTS) is 1. The summed E-state index contributed by atoms with van der Waals surface area (Å²) in [6.45, 7) is 9.36. The molecule has 2 rings (SSSR count). The van der Waals surface area contributed by atoms with Gasteiger partial charge in [0.2, 0.25) is 0 Å². The summed E-state index contributed by atoms with van der Waals surface area (Å²) in [6.07, 6.45) is 0. The molecule has 0 saturated heterocycles. The van der Waals surface area contributed by atoms with Gasteiger partial charge in [-0.25, -0.2) is 0 Å². The maximum Gasteiger partial charge on any atom is 0.317 e. The second kappa shape index (κ2) is 12.5. The van der Waals surface area contributed by atoms with E-state index in [4.69, 9.17) is 51.6 Å². The van der Waals surface area contributed by atoms with E-state index in [9.17, 15) is 9.59 Å². The molecule has 2 heterocycles. The number of hydrogen-bond acceptors (Lipinski definition) is 9. The topological polar surface area (TPSA) is 134 Å². The van der Waals surface area contributed by atoms with Gasteiger partial charge in [-0.15, -0.1) is 0 Å². The van der Waals surface area contributed by atoms with Crippen molar-refractivity contribution in [3.63, 3.8) is 0 Å². The van der Waals surface area contributed by atoms with Crippen LogP contribution in [0, 0.1) is 11.8 Å². The lowest BCUT2D eigenvalue weighted by molar-refractivity contribution is -0.146. The third-order valence-electron chi connectivity index (χ3n) is 4.35. The molecule has 0 aliphatic heterocycles. The molecule has 0 aliphatic carbocycles. The maximum atomic E-state index is 11.8. The van der Waals surface area contributed by atoms with Crippen LogP contribution in [0.25, 0.3) is 0 Å². The molecule has 2 aromatic rings. The van der Waals surface area contributed by atoms with Crippen LogP contribution in [0.1, 0.15) is 58.0 Å². The average molecular weight is 495 g/mol. The molecule has 1 N–H and O–H groups in total. The molecule has 10 nitrogen and oxygen atoms in total. The number of aliphatic carboxylic acids is 1. The van der Waals surface area contributed by atoms with Gasteiger partial charge in [-0.1, -0.05) is 50.9 Å². The number of rotatable bonds is 9. The number of carbonyl (C=O) groups excluding carboxylic acids is 1. The van der Waals surface area contributed by atoms with Crippen molar-refractivity contribution in [3.8, 4) is 11.8 Å². The SMILES string of the molecule is CCOC(=O)C(c1onc(OC)c1Cl)C(C)C.COc1noc(C(C(=O)O)C(C)C)c1Cl. The Labute approximate surface area is 196 Å². The first-order valence-electron chi connectivity index (χ1n) is 9.79. The highest BCUT2D eigenvalue weighted by atomic mass is 35.5. The van der Waals surface area contributed by atoms with Gasteiger partial charge in [0.15, 0.2) is 11.5 Å².